The molecule has 0 unspecified atom stereocenters. The minimum atomic E-state index is -0.192. The molecule has 0 aliphatic heterocycles. The van der Waals surface area contributed by atoms with Gasteiger partial charge in [-0.25, -0.2) is 0 Å². The van der Waals surface area contributed by atoms with Crippen molar-refractivity contribution in [3.05, 3.63) is 63.1 Å². The average Bonchev–Trinajstić information content (AvgIpc) is 3.17. The third-order valence-electron chi connectivity index (χ3n) is 4.36. The van der Waals surface area contributed by atoms with Crippen molar-refractivity contribution < 1.29 is 9.21 Å². The zero-order valence-corrected chi connectivity index (χ0v) is 14.7. The fraction of sp³-hybridized carbons (Fsp3) is 0.222. The third kappa shape index (κ3) is 2.57. The van der Waals surface area contributed by atoms with Crippen molar-refractivity contribution in [1.29, 1.82) is 0 Å². The Bertz CT molecular complexity index is 926. The monoisotopic (exact) mass is 385 g/mol. The number of benzene rings is 1. The van der Waals surface area contributed by atoms with Gasteiger partial charge in [0.05, 0.1) is 11.9 Å². The Morgan fingerprint density at radius 1 is 1.42 bits per heavy atom. The first-order chi connectivity index (χ1) is 11.6. The molecule has 4 rings (SSSR count). The highest BCUT2D eigenvalue weighted by atomic mass is 79.9. The third-order valence-corrected chi connectivity index (χ3v) is 4.85. The standard InChI is InChI=1S/C18H16BrN3O2/c1-10-15-14(6-5-12-9-21-22-16(12)15)24-17(10)18(23)20-8-11-3-2-4-13(19)7-11/h2-4,7,9H,5-6,8H2,1H3,(H,20,23)(H,21,22). The second-order valence-electron chi connectivity index (χ2n) is 5.94. The minimum Gasteiger partial charge on any atom is -0.455 e. The highest BCUT2D eigenvalue weighted by molar-refractivity contribution is 9.10. The van der Waals surface area contributed by atoms with Gasteiger partial charge in [-0.15, -0.1) is 0 Å². The molecular formula is C18H16BrN3O2. The summed E-state index contributed by atoms with van der Waals surface area (Å²) in [4.78, 5) is 12.5. The molecule has 2 heterocycles. The van der Waals surface area contributed by atoms with E-state index in [2.05, 4.69) is 31.4 Å². The fourth-order valence-corrected chi connectivity index (χ4v) is 3.61. The summed E-state index contributed by atoms with van der Waals surface area (Å²) in [5.41, 5.74) is 5.03. The highest BCUT2D eigenvalue weighted by Crippen LogP contribution is 2.37. The Morgan fingerprint density at radius 2 is 2.29 bits per heavy atom. The lowest BCUT2D eigenvalue weighted by molar-refractivity contribution is 0.0920. The summed E-state index contributed by atoms with van der Waals surface area (Å²) in [6.07, 6.45) is 3.52. The Balaban J connectivity index is 1.58. The Morgan fingerprint density at radius 3 is 3.12 bits per heavy atom. The molecule has 2 N–H and O–H groups in total. The van der Waals surface area contributed by atoms with Gasteiger partial charge in [0, 0.05) is 28.6 Å². The second-order valence-corrected chi connectivity index (χ2v) is 6.85. The van der Waals surface area contributed by atoms with Gasteiger partial charge in [-0.1, -0.05) is 28.1 Å². The number of amides is 1. The van der Waals surface area contributed by atoms with Crippen LogP contribution in [0.1, 0.15) is 33.0 Å². The van der Waals surface area contributed by atoms with Crippen LogP contribution in [0.5, 0.6) is 0 Å². The normalized spacial score (nSPS) is 12.6. The van der Waals surface area contributed by atoms with Crippen LogP contribution < -0.4 is 5.32 Å². The molecule has 0 radical (unpaired) electrons. The minimum absolute atomic E-state index is 0.192. The van der Waals surface area contributed by atoms with Gasteiger partial charge in [-0.3, -0.25) is 9.89 Å². The number of carbonyl (C=O) groups excluding carboxylic acids is 1. The molecule has 24 heavy (non-hydrogen) atoms. The summed E-state index contributed by atoms with van der Waals surface area (Å²) in [6, 6.07) is 7.86. The van der Waals surface area contributed by atoms with E-state index in [0.717, 1.165) is 45.5 Å². The van der Waals surface area contributed by atoms with E-state index in [0.29, 0.717) is 12.3 Å². The maximum absolute atomic E-state index is 12.5. The predicted molar refractivity (Wildman–Crippen MR) is 93.7 cm³/mol. The number of furan rings is 1. The molecule has 5 nitrogen and oxygen atoms in total. The summed E-state index contributed by atoms with van der Waals surface area (Å²) in [6.45, 7) is 2.38. The van der Waals surface area contributed by atoms with E-state index < -0.39 is 0 Å². The lowest BCUT2D eigenvalue weighted by Crippen LogP contribution is -2.23. The molecular weight excluding hydrogens is 370 g/mol. The van der Waals surface area contributed by atoms with Crippen LogP contribution in [0, 0.1) is 6.92 Å². The zero-order chi connectivity index (χ0) is 16.7. The zero-order valence-electron chi connectivity index (χ0n) is 13.1. The van der Waals surface area contributed by atoms with E-state index in [1.165, 1.54) is 5.56 Å². The van der Waals surface area contributed by atoms with E-state index >= 15 is 0 Å². The summed E-state index contributed by atoms with van der Waals surface area (Å²) in [7, 11) is 0. The van der Waals surface area contributed by atoms with Crippen LogP contribution >= 0.6 is 15.9 Å². The van der Waals surface area contributed by atoms with Gasteiger partial charge in [0.1, 0.15) is 5.76 Å². The Kier molecular flexibility index (Phi) is 3.76. The first-order valence-corrected chi connectivity index (χ1v) is 8.60. The van der Waals surface area contributed by atoms with Crippen LogP contribution in [-0.2, 0) is 19.4 Å². The van der Waals surface area contributed by atoms with Crippen molar-refractivity contribution in [2.45, 2.75) is 26.3 Å². The van der Waals surface area contributed by atoms with E-state index in [-0.39, 0.29) is 5.91 Å². The molecule has 1 aliphatic carbocycles. The number of halogens is 1. The molecule has 0 atom stereocenters. The van der Waals surface area contributed by atoms with Crippen molar-refractivity contribution in [3.8, 4) is 11.3 Å². The number of carbonyl (C=O) groups is 1. The Labute approximate surface area is 147 Å². The number of nitrogens with one attached hydrogen (secondary N) is 2. The molecule has 0 saturated carbocycles. The first kappa shape index (κ1) is 15.2. The first-order valence-electron chi connectivity index (χ1n) is 7.81. The number of nitrogens with zero attached hydrogens (tertiary/aromatic N) is 1. The molecule has 0 saturated heterocycles. The topological polar surface area (TPSA) is 70.9 Å². The number of hydrogen-bond donors (Lipinski definition) is 2. The van der Waals surface area contributed by atoms with E-state index in [9.17, 15) is 4.79 Å². The van der Waals surface area contributed by atoms with Gasteiger partial charge in [0.25, 0.3) is 5.91 Å². The predicted octanol–water partition coefficient (Wildman–Crippen LogP) is 3.77. The molecule has 122 valence electrons. The van der Waals surface area contributed by atoms with Gasteiger partial charge >= 0.3 is 0 Å². The summed E-state index contributed by atoms with van der Waals surface area (Å²) in [5, 5.41) is 10.1. The fourth-order valence-electron chi connectivity index (χ4n) is 3.17. The molecule has 0 spiro atoms. The molecule has 2 aromatic heterocycles. The molecule has 0 fully saturated rings. The van der Waals surface area contributed by atoms with Crippen LogP contribution in [0.3, 0.4) is 0 Å². The Hall–Kier alpha value is -2.34. The number of fused-ring (bicyclic) bond motifs is 3. The van der Waals surface area contributed by atoms with Crippen molar-refractivity contribution in [2.24, 2.45) is 0 Å². The molecule has 3 aromatic rings. The quantitative estimate of drug-likeness (QED) is 0.720. The van der Waals surface area contributed by atoms with Crippen LogP contribution in [0.4, 0.5) is 0 Å². The van der Waals surface area contributed by atoms with Crippen LogP contribution in [0.25, 0.3) is 11.3 Å². The van der Waals surface area contributed by atoms with E-state index in [1.54, 1.807) is 0 Å². The smallest absolute Gasteiger partial charge is 0.287 e. The number of aromatic amines is 1. The van der Waals surface area contributed by atoms with Gasteiger partial charge in [-0.05, 0) is 36.6 Å². The van der Waals surface area contributed by atoms with Gasteiger partial charge < -0.3 is 9.73 Å². The highest BCUT2D eigenvalue weighted by Gasteiger charge is 2.28. The second kappa shape index (κ2) is 5.94. The molecule has 0 bridgehead atoms. The maximum atomic E-state index is 12.5. The number of H-pyrrole nitrogens is 1. The lowest BCUT2D eigenvalue weighted by atomic mass is 9.93. The molecule has 1 aliphatic rings. The van der Waals surface area contributed by atoms with Gasteiger partial charge in [0.2, 0.25) is 0 Å². The largest absolute Gasteiger partial charge is 0.455 e. The molecule has 1 aromatic carbocycles. The van der Waals surface area contributed by atoms with Crippen LogP contribution in [0.2, 0.25) is 0 Å². The maximum Gasteiger partial charge on any atom is 0.287 e. The summed E-state index contributed by atoms with van der Waals surface area (Å²) in [5.74, 6) is 1.05. The van der Waals surface area contributed by atoms with E-state index in [1.807, 2.05) is 37.4 Å². The van der Waals surface area contributed by atoms with Crippen molar-refractivity contribution in [3.63, 3.8) is 0 Å². The number of aryl methyl sites for hydroxylation is 2. The lowest BCUT2D eigenvalue weighted by Gasteiger charge is -2.09. The number of rotatable bonds is 3. The van der Waals surface area contributed by atoms with Gasteiger partial charge in [-0.2, -0.15) is 5.10 Å². The number of aromatic nitrogens is 2. The molecule has 6 heteroatoms. The SMILES string of the molecule is Cc1c(C(=O)NCc2cccc(Br)c2)oc2c1-c1[nH]ncc1CC2. The summed E-state index contributed by atoms with van der Waals surface area (Å²) >= 11 is 3.44. The average molecular weight is 386 g/mol. The van der Waals surface area contributed by atoms with Gasteiger partial charge in [0.15, 0.2) is 5.76 Å². The van der Waals surface area contributed by atoms with Crippen LogP contribution in [-0.4, -0.2) is 16.1 Å². The van der Waals surface area contributed by atoms with E-state index in [4.69, 9.17) is 4.42 Å². The van der Waals surface area contributed by atoms with Crippen molar-refractivity contribution >= 4 is 21.8 Å². The van der Waals surface area contributed by atoms with Crippen LogP contribution in [0.15, 0.2) is 39.4 Å². The number of hydrogen-bond acceptors (Lipinski definition) is 3. The molecule has 1 amide bonds. The van der Waals surface area contributed by atoms with Crippen molar-refractivity contribution in [1.82, 2.24) is 15.5 Å². The summed E-state index contributed by atoms with van der Waals surface area (Å²) < 4.78 is 6.86. The van der Waals surface area contributed by atoms with Crippen molar-refractivity contribution in [2.75, 3.05) is 0 Å².